The summed E-state index contributed by atoms with van der Waals surface area (Å²) < 4.78 is 0. The van der Waals surface area contributed by atoms with Gasteiger partial charge in [-0.05, 0) is 31.6 Å². The molecule has 0 aromatic carbocycles. The zero-order valence-corrected chi connectivity index (χ0v) is 13.9. The number of nitrogens with one attached hydrogen (secondary N) is 1. The molecule has 2 unspecified atom stereocenters. The molecule has 0 saturated carbocycles. The number of piperidine rings is 2. The summed E-state index contributed by atoms with van der Waals surface area (Å²) in [5.41, 5.74) is 5.97. The van der Waals surface area contributed by atoms with Crippen molar-refractivity contribution in [2.45, 2.75) is 45.6 Å². The molecule has 22 heavy (non-hydrogen) atoms. The molecule has 6 nitrogen and oxygen atoms in total. The van der Waals surface area contributed by atoms with Crippen LogP contribution < -0.4 is 11.1 Å². The van der Waals surface area contributed by atoms with Gasteiger partial charge in [0.05, 0.1) is 5.92 Å². The Balaban J connectivity index is 1.86. The minimum atomic E-state index is -0.0659. The molecule has 0 aromatic rings. The summed E-state index contributed by atoms with van der Waals surface area (Å²) in [6.45, 7) is 7.57. The highest BCUT2D eigenvalue weighted by molar-refractivity contribution is 5.81. The first kappa shape index (κ1) is 17.1. The van der Waals surface area contributed by atoms with Crippen LogP contribution in [0.25, 0.3) is 0 Å². The number of nitrogens with two attached hydrogens (primary N) is 1. The molecule has 0 radical (unpaired) electrons. The largest absolute Gasteiger partial charge is 0.341 e. The molecule has 2 aliphatic heterocycles. The number of rotatable bonds is 3. The van der Waals surface area contributed by atoms with Crippen molar-refractivity contribution in [1.29, 1.82) is 0 Å². The van der Waals surface area contributed by atoms with Gasteiger partial charge in [-0.15, -0.1) is 0 Å². The summed E-state index contributed by atoms with van der Waals surface area (Å²) in [7, 11) is 0. The molecule has 0 bridgehead atoms. The standard InChI is InChI=1S/C16H30N4O2/c1-12(2)9-18-16(22)20-8-3-5-13(10-20)15(21)19-7-4-6-14(17)11-19/h12-14H,3-11,17H2,1-2H3,(H,18,22). The number of carbonyl (C=O) groups is 2. The maximum Gasteiger partial charge on any atom is 0.317 e. The van der Waals surface area contributed by atoms with Gasteiger partial charge in [0, 0.05) is 38.8 Å². The molecule has 2 saturated heterocycles. The quantitative estimate of drug-likeness (QED) is 0.816. The van der Waals surface area contributed by atoms with Crippen molar-refractivity contribution in [2.75, 3.05) is 32.7 Å². The summed E-state index contributed by atoms with van der Waals surface area (Å²) in [4.78, 5) is 28.5. The maximum atomic E-state index is 12.6. The Morgan fingerprint density at radius 2 is 1.82 bits per heavy atom. The van der Waals surface area contributed by atoms with Gasteiger partial charge in [0.15, 0.2) is 0 Å². The summed E-state index contributed by atoms with van der Waals surface area (Å²) in [6.07, 6.45) is 3.75. The second kappa shape index (κ2) is 7.81. The molecule has 2 fully saturated rings. The third-order valence-electron chi connectivity index (χ3n) is 4.49. The SMILES string of the molecule is CC(C)CNC(=O)N1CCCC(C(=O)N2CCCC(N)C2)C1. The van der Waals surface area contributed by atoms with Crippen LogP contribution in [-0.4, -0.2) is 60.5 Å². The van der Waals surface area contributed by atoms with Crippen LogP contribution in [-0.2, 0) is 4.79 Å². The zero-order valence-electron chi connectivity index (χ0n) is 13.9. The molecule has 2 aliphatic rings. The Hall–Kier alpha value is -1.30. The monoisotopic (exact) mass is 310 g/mol. The van der Waals surface area contributed by atoms with Crippen LogP contribution >= 0.6 is 0 Å². The first-order valence-electron chi connectivity index (χ1n) is 8.54. The third kappa shape index (κ3) is 4.60. The van der Waals surface area contributed by atoms with E-state index in [4.69, 9.17) is 5.73 Å². The number of urea groups is 1. The van der Waals surface area contributed by atoms with Gasteiger partial charge in [-0.25, -0.2) is 4.79 Å². The molecule has 0 aromatic heterocycles. The Morgan fingerprint density at radius 1 is 1.14 bits per heavy atom. The van der Waals surface area contributed by atoms with E-state index in [0.717, 1.165) is 38.8 Å². The van der Waals surface area contributed by atoms with E-state index in [1.807, 2.05) is 4.90 Å². The second-order valence-electron chi connectivity index (χ2n) is 7.05. The van der Waals surface area contributed by atoms with Gasteiger partial charge in [0.2, 0.25) is 5.91 Å². The molecule has 3 amide bonds. The third-order valence-corrected chi connectivity index (χ3v) is 4.49. The number of nitrogens with zero attached hydrogens (tertiary/aromatic N) is 2. The molecule has 0 aliphatic carbocycles. The molecule has 0 spiro atoms. The highest BCUT2D eigenvalue weighted by Gasteiger charge is 2.32. The van der Waals surface area contributed by atoms with Gasteiger partial charge < -0.3 is 20.9 Å². The van der Waals surface area contributed by atoms with Crippen LogP contribution in [0, 0.1) is 11.8 Å². The summed E-state index contributed by atoms with van der Waals surface area (Å²) in [5.74, 6) is 0.543. The second-order valence-corrected chi connectivity index (χ2v) is 7.05. The van der Waals surface area contributed by atoms with Crippen molar-refractivity contribution < 1.29 is 9.59 Å². The molecule has 126 valence electrons. The predicted octanol–water partition coefficient (Wildman–Crippen LogP) is 1.01. The molecular formula is C16H30N4O2. The van der Waals surface area contributed by atoms with Gasteiger partial charge in [0.25, 0.3) is 0 Å². The first-order chi connectivity index (χ1) is 10.5. The number of hydrogen-bond acceptors (Lipinski definition) is 3. The lowest BCUT2D eigenvalue weighted by molar-refractivity contribution is -0.138. The molecule has 2 heterocycles. The van der Waals surface area contributed by atoms with Crippen LogP contribution in [0.5, 0.6) is 0 Å². The lowest BCUT2D eigenvalue weighted by Crippen LogP contribution is -2.53. The van der Waals surface area contributed by atoms with E-state index in [1.165, 1.54) is 0 Å². The number of carbonyl (C=O) groups excluding carboxylic acids is 2. The zero-order chi connectivity index (χ0) is 16.1. The van der Waals surface area contributed by atoms with Crippen molar-refractivity contribution in [3.8, 4) is 0 Å². The van der Waals surface area contributed by atoms with E-state index in [9.17, 15) is 9.59 Å². The van der Waals surface area contributed by atoms with Crippen molar-refractivity contribution in [1.82, 2.24) is 15.1 Å². The average Bonchev–Trinajstić information content (AvgIpc) is 2.52. The van der Waals surface area contributed by atoms with Crippen molar-refractivity contribution in [2.24, 2.45) is 17.6 Å². The fourth-order valence-electron chi connectivity index (χ4n) is 3.23. The van der Waals surface area contributed by atoms with E-state index in [2.05, 4.69) is 19.2 Å². The van der Waals surface area contributed by atoms with Gasteiger partial charge >= 0.3 is 6.03 Å². The predicted molar refractivity (Wildman–Crippen MR) is 86.3 cm³/mol. The summed E-state index contributed by atoms with van der Waals surface area (Å²) in [5, 5.41) is 2.94. The van der Waals surface area contributed by atoms with Crippen LogP contribution in [0.2, 0.25) is 0 Å². The lowest BCUT2D eigenvalue weighted by Gasteiger charge is -2.37. The molecule has 6 heteroatoms. The minimum absolute atomic E-state index is 0.0402. The van der Waals surface area contributed by atoms with Crippen molar-refractivity contribution >= 4 is 11.9 Å². The van der Waals surface area contributed by atoms with Crippen LogP contribution in [0.3, 0.4) is 0 Å². The van der Waals surface area contributed by atoms with E-state index in [1.54, 1.807) is 4.90 Å². The number of amides is 3. The number of hydrogen-bond donors (Lipinski definition) is 2. The van der Waals surface area contributed by atoms with Gasteiger partial charge in [-0.2, -0.15) is 0 Å². The first-order valence-corrected chi connectivity index (χ1v) is 8.54. The van der Waals surface area contributed by atoms with Gasteiger partial charge in [-0.3, -0.25) is 4.79 Å². The fourth-order valence-corrected chi connectivity index (χ4v) is 3.23. The van der Waals surface area contributed by atoms with Gasteiger partial charge in [0.1, 0.15) is 0 Å². The van der Waals surface area contributed by atoms with E-state index < -0.39 is 0 Å². The van der Waals surface area contributed by atoms with Crippen LogP contribution in [0.15, 0.2) is 0 Å². The highest BCUT2D eigenvalue weighted by atomic mass is 16.2. The Bertz CT molecular complexity index is 400. The van der Waals surface area contributed by atoms with Crippen molar-refractivity contribution in [3.63, 3.8) is 0 Å². The molecular weight excluding hydrogens is 280 g/mol. The lowest BCUT2D eigenvalue weighted by atomic mass is 9.95. The van der Waals surface area contributed by atoms with Crippen LogP contribution in [0.4, 0.5) is 4.79 Å². The van der Waals surface area contributed by atoms with Crippen LogP contribution in [0.1, 0.15) is 39.5 Å². The highest BCUT2D eigenvalue weighted by Crippen LogP contribution is 2.21. The molecule has 2 rings (SSSR count). The smallest absolute Gasteiger partial charge is 0.317 e. The topological polar surface area (TPSA) is 78.7 Å². The Kier molecular flexibility index (Phi) is 6.06. The van der Waals surface area contributed by atoms with E-state index in [-0.39, 0.29) is 23.9 Å². The Morgan fingerprint density at radius 3 is 2.50 bits per heavy atom. The number of likely N-dealkylation sites (tertiary alicyclic amines) is 2. The van der Waals surface area contributed by atoms with E-state index >= 15 is 0 Å². The van der Waals surface area contributed by atoms with Crippen molar-refractivity contribution in [3.05, 3.63) is 0 Å². The maximum absolute atomic E-state index is 12.6. The van der Waals surface area contributed by atoms with E-state index in [0.29, 0.717) is 25.6 Å². The molecule has 2 atom stereocenters. The Labute approximate surface area is 133 Å². The average molecular weight is 310 g/mol. The summed E-state index contributed by atoms with van der Waals surface area (Å²) >= 11 is 0. The summed E-state index contributed by atoms with van der Waals surface area (Å²) in [6, 6.07) is 0.0632. The normalized spacial score (nSPS) is 26.2. The fraction of sp³-hybridized carbons (Fsp3) is 0.875. The molecule has 3 N–H and O–H groups in total. The minimum Gasteiger partial charge on any atom is -0.341 e. The van der Waals surface area contributed by atoms with Gasteiger partial charge in [-0.1, -0.05) is 13.8 Å².